The lowest BCUT2D eigenvalue weighted by Crippen LogP contribution is -1.94. The fourth-order valence-corrected chi connectivity index (χ4v) is 13.7. The van der Waals surface area contributed by atoms with Gasteiger partial charge in [0.1, 0.15) is 0 Å². The van der Waals surface area contributed by atoms with Gasteiger partial charge in [0.15, 0.2) is 0 Å². The van der Waals surface area contributed by atoms with Crippen LogP contribution in [0.25, 0.3) is 150 Å². The quantitative estimate of drug-likeness (QED) is 0.161. The third-order valence-corrected chi connectivity index (χ3v) is 16.9. The van der Waals surface area contributed by atoms with Crippen LogP contribution in [0.1, 0.15) is 0 Å². The molecule has 0 unspecified atom stereocenters. The highest BCUT2D eigenvalue weighted by Gasteiger charge is 2.20. The number of fused-ring (bicyclic) bond motifs is 14. The SMILES string of the molecule is c1ccc2c(-c3ccc4c(c3)c3cc(-c5cccc6ccccc56)ccc3c3nc(-c5cc(-c6cccc7c6sc6ccccc67)cc(-c6cccc7c6sc6ccccc67)c5)cnc43)cccc2c1. The topological polar surface area (TPSA) is 25.8 Å². The summed E-state index contributed by atoms with van der Waals surface area (Å²) in [4.78, 5) is 11.1. The van der Waals surface area contributed by atoms with E-state index in [0.29, 0.717) is 0 Å². The first-order valence-corrected chi connectivity index (χ1v) is 25.4. The molecule has 2 nitrogen and oxygen atoms in total. The molecule has 0 aliphatic heterocycles. The smallest absolute Gasteiger partial charge is 0.0979 e. The van der Waals surface area contributed by atoms with E-state index in [1.807, 2.05) is 28.9 Å². The number of nitrogens with zero attached hydrogens (tertiary/aromatic N) is 2. The van der Waals surface area contributed by atoms with E-state index in [1.54, 1.807) is 0 Å². The molecule has 0 bridgehead atoms. The van der Waals surface area contributed by atoms with E-state index in [1.165, 1.54) is 95.3 Å². The lowest BCUT2D eigenvalue weighted by molar-refractivity contribution is 1.31. The molecule has 0 spiro atoms. The number of hydrogen-bond donors (Lipinski definition) is 0. The van der Waals surface area contributed by atoms with Gasteiger partial charge in [0.05, 0.1) is 22.9 Å². The Labute approximate surface area is 411 Å². The Morgan fingerprint density at radius 2 is 0.700 bits per heavy atom. The number of aromatic nitrogens is 2. The molecule has 12 aromatic carbocycles. The van der Waals surface area contributed by atoms with Crippen molar-refractivity contribution in [3.8, 4) is 55.8 Å². The molecule has 324 valence electrons. The third kappa shape index (κ3) is 6.10. The summed E-state index contributed by atoms with van der Waals surface area (Å²) in [6.07, 6.45) is 2.00. The molecule has 70 heavy (non-hydrogen) atoms. The van der Waals surface area contributed by atoms with Crippen LogP contribution in [0, 0.1) is 0 Å². The van der Waals surface area contributed by atoms with Crippen LogP contribution in [0.15, 0.2) is 231 Å². The molecule has 15 aromatic rings. The van der Waals surface area contributed by atoms with Gasteiger partial charge in [0.25, 0.3) is 0 Å². The molecule has 0 atom stereocenters. The third-order valence-electron chi connectivity index (χ3n) is 14.5. The summed E-state index contributed by atoms with van der Waals surface area (Å²) < 4.78 is 5.17. The van der Waals surface area contributed by atoms with Crippen LogP contribution in [0.3, 0.4) is 0 Å². The maximum absolute atomic E-state index is 5.70. The summed E-state index contributed by atoms with van der Waals surface area (Å²) in [7, 11) is 0. The molecule has 4 heteroatoms. The minimum Gasteiger partial charge on any atom is -0.252 e. The maximum Gasteiger partial charge on any atom is 0.0979 e. The molecular weight excluding hydrogens is 885 g/mol. The zero-order chi connectivity index (χ0) is 45.9. The van der Waals surface area contributed by atoms with E-state index < -0.39 is 0 Å². The van der Waals surface area contributed by atoms with Crippen LogP contribution in [0.5, 0.6) is 0 Å². The second-order valence-corrected chi connectivity index (χ2v) is 20.5. The average Bonchev–Trinajstić information content (AvgIpc) is 4.01. The summed E-state index contributed by atoms with van der Waals surface area (Å²) in [5, 5.41) is 14.6. The second-order valence-electron chi connectivity index (χ2n) is 18.4. The Hall–Kier alpha value is -8.54. The van der Waals surface area contributed by atoms with E-state index in [4.69, 9.17) is 9.97 Å². The van der Waals surface area contributed by atoms with E-state index in [0.717, 1.165) is 55.0 Å². The second kappa shape index (κ2) is 15.5. The fourth-order valence-electron chi connectivity index (χ4n) is 11.2. The highest BCUT2D eigenvalue weighted by atomic mass is 32.1. The average molecular weight is 923 g/mol. The molecule has 3 aromatic heterocycles. The largest absolute Gasteiger partial charge is 0.252 e. The number of rotatable bonds is 5. The molecule has 0 fully saturated rings. The van der Waals surface area contributed by atoms with Crippen LogP contribution in [0.4, 0.5) is 0 Å². The normalized spacial score (nSPS) is 12.0. The van der Waals surface area contributed by atoms with Gasteiger partial charge in [-0.25, -0.2) is 4.98 Å². The lowest BCUT2D eigenvalue weighted by atomic mass is 9.91. The van der Waals surface area contributed by atoms with Crippen molar-refractivity contribution in [3.63, 3.8) is 0 Å². The van der Waals surface area contributed by atoms with Gasteiger partial charge in [0, 0.05) is 56.7 Å². The monoisotopic (exact) mass is 922 g/mol. The minimum atomic E-state index is 0.841. The zero-order valence-electron chi connectivity index (χ0n) is 37.7. The van der Waals surface area contributed by atoms with Crippen molar-refractivity contribution in [2.45, 2.75) is 0 Å². The summed E-state index contributed by atoms with van der Waals surface area (Å²) in [6, 6.07) is 82.5. The van der Waals surface area contributed by atoms with Gasteiger partial charge < -0.3 is 0 Å². The Morgan fingerprint density at radius 3 is 1.26 bits per heavy atom. The van der Waals surface area contributed by atoms with Crippen molar-refractivity contribution < 1.29 is 0 Å². The zero-order valence-corrected chi connectivity index (χ0v) is 39.3. The van der Waals surface area contributed by atoms with Crippen molar-refractivity contribution in [1.82, 2.24) is 9.97 Å². The van der Waals surface area contributed by atoms with Gasteiger partial charge in [-0.3, -0.25) is 4.98 Å². The van der Waals surface area contributed by atoms with Crippen molar-refractivity contribution in [2.75, 3.05) is 0 Å². The first kappa shape index (κ1) is 39.5. The van der Waals surface area contributed by atoms with E-state index >= 15 is 0 Å². The van der Waals surface area contributed by atoms with Gasteiger partial charge in [-0.1, -0.05) is 182 Å². The first-order valence-electron chi connectivity index (χ1n) is 23.8. The van der Waals surface area contributed by atoms with Crippen molar-refractivity contribution in [1.29, 1.82) is 0 Å². The van der Waals surface area contributed by atoms with E-state index in [-0.39, 0.29) is 0 Å². The van der Waals surface area contributed by atoms with Gasteiger partial charge in [-0.15, -0.1) is 22.7 Å². The summed E-state index contributed by atoms with van der Waals surface area (Å²) in [5.74, 6) is 0. The molecule has 0 N–H and O–H groups in total. The van der Waals surface area contributed by atoms with Crippen molar-refractivity contribution in [2.24, 2.45) is 0 Å². The summed E-state index contributed by atoms with van der Waals surface area (Å²) in [6.45, 7) is 0. The first-order chi connectivity index (χ1) is 34.7. The molecule has 0 saturated carbocycles. The molecule has 3 heterocycles. The highest BCUT2D eigenvalue weighted by molar-refractivity contribution is 7.26. The molecule has 0 radical (unpaired) electrons. The minimum absolute atomic E-state index is 0.841. The van der Waals surface area contributed by atoms with Crippen molar-refractivity contribution >= 4 is 117 Å². The van der Waals surface area contributed by atoms with E-state index in [9.17, 15) is 0 Å². The van der Waals surface area contributed by atoms with Crippen LogP contribution in [0.2, 0.25) is 0 Å². The Kier molecular flexibility index (Phi) is 8.73. The van der Waals surface area contributed by atoms with Crippen LogP contribution in [-0.4, -0.2) is 9.97 Å². The van der Waals surface area contributed by atoms with Gasteiger partial charge >= 0.3 is 0 Å². The number of hydrogen-bond acceptors (Lipinski definition) is 4. The van der Waals surface area contributed by atoms with Crippen LogP contribution in [-0.2, 0) is 0 Å². The standard InChI is InChI=1S/C66H38N2S2/c1-3-17-46-39(13-1)15-9-21-48(46)41-29-31-54-58(36-41)59-37-42(49-22-10-16-40-14-2-4-18-47(40)49)30-32-55(59)64-63(54)67-38-60(68-64)45-34-43(50-23-11-25-56-52-19-5-7-27-61(52)69-65(50)56)33-44(35-45)51-24-12-26-57-53-20-6-8-28-62(53)70-66(51)57/h1-38H. The molecule has 15 rings (SSSR count). The van der Waals surface area contributed by atoms with E-state index in [2.05, 4.69) is 224 Å². The van der Waals surface area contributed by atoms with Gasteiger partial charge in [-0.2, -0.15) is 0 Å². The fraction of sp³-hybridized carbons (Fsp3) is 0. The van der Waals surface area contributed by atoms with Crippen molar-refractivity contribution in [3.05, 3.63) is 231 Å². The molecule has 0 aliphatic carbocycles. The Morgan fingerprint density at radius 1 is 0.271 bits per heavy atom. The van der Waals surface area contributed by atoms with Gasteiger partial charge in [0.2, 0.25) is 0 Å². The molecule has 0 saturated heterocycles. The highest BCUT2D eigenvalue weighted by Crippen LogP contribution is 2.46. The maximum atomic E-state index is 5.70. The predicted octanol–water partition coefficient (Wildman–Crippen LogP) is 19.3. The molecule has 0 aliphatic rings. The summed E-state index contributed by atoms with van der Waals surface area (Å²) >= 11 is 3.74. The van der Waals surface area contributed by atoms with Crippen LogP contribution >= 0.6 is 22.7 Å². The summed E-state index contributed by atoms with van der Waals surface area (Å²) in [5.41, 5.74) is 13.2. The van der Waals surface area contributed by atoms with Gasteiger partial charge in [-0.05, 0) is 119 Å². The van der Waals surface area contributed by atoms with Crippen LogP contribution < -0.4 is 0 Å². The molecule has 0 amide bonds. The predicted molar refractivity (Wildman–Crippen MR) is 303 cm³/mol. The lowest BCUT2D eigenvalue weighted by Gasteiger charge is -2.15. The Balaban J connectivity index is 0.989. The molecular formula is C66H38N2S2. The Bertz CT molecular complexity index is 4530. The number of thiophene rings is 2. The number of benzene rings is 12.